The fraction of sp³-hybridized carbons (Fsp3) is 0.151. The zero-order valence-electron chi connectivity index (χ0n) is 32.7. The molecule has 1 aliphatic carbocycles. The van der Waals surface area contributed by atoms with Gasteiger partial charge in [0.25, 0.3) is 0 Å². The van der Waals surface area contributed by atoms with E-state index in [1.807, 2.05) is 18.2 Å². The van der Waals surface area contributed by atoms with E-state index in [1.54, 1.807) is 0 Å². The van der Waals surface area contributed by atoms with E-state index in [-0.39, 0.29) is 10.8 Å². The van der Waals surface area contributed by atoms with Gasteiger partial charge in [0, 0.05) is 33.2 Å². The molecule has 0 N–H and O–H groups in total. The average Bonchev–Trinajstić information content (AvgIpc) is 3.56. The van der Waals surface area contributed by atoms with E-state index in [9.17, 15) is 0 Å². The Morgan fingerprint density at radius 2 is 0.947 bits per heavy atom. The summed E-state index contributed by atoms with van der Waals surface area (Å²) in [5.41, 5.74) is 9.49. The van der Waals surface area contributed by atoms with Crippen LogP contribution in [0, 0.1) is 0 Å². The van der Waals surface area contributed by atoms with Crippen molar-refractivity contribution in [1.82, 2.24) is 19.5 Å². The molecule has 0 unspecified atom stereocenters. The maximum absolute atomic E-state index is 5.31. The fourth-order valence-corrected chi connectivity index (χ4v) is 9.41. The van der Waals surface area contributed by atoms with Crippen LogP contribution in [0.1, 0.15) is 51.7 Å². The Morgan fingerprint density at radius 1 is 0.404 bits per heavy atom. The van der Waals surface area contributed by atoms with Gasteiger partial charge in [0.05, 0.1) is 11.0 Å². The third-order valence-electron chi connectivity index (χ3n) is 12.6. The monoisotopic (exact) mass is 734 g/mol. The van der Waals surface area contributed by atoms with Gasteiger partial charge < -0.3 is 4.57 Å². The van der Waals surface area contributed by atoms with Crippen LogP contribution >= 0.6 is 0 Å². The van der Waals surface area contributed by atoms with Crippen LogP contribution < -0.4 is 0 Å². The van der Waals surface area contributed by atoms with E-state index in [1.165, 1.54) is 60.9 Å². The minimum absolute atomic E-state index is 0.0783. The Kier molecular flexibility index (Phi) is 7.34. The van der Waals surface area contributed by atoms with E-state index < -0.39 is 0 Å². The maximum Gasteiger partial charge on any atom is 0.164 e. The first-order chi connectivity index (χ1) is 27.7. The lowest BCUT2D eigenvalue weighted by molar-refractivity contribution is 0.332. The molecule has 10 aromatic rings. The van der Waals surface area contributed by atoms with Crippen LogP contribution in [0.4, 0.5) is 0 Å². The van der Waals surface area contributed by atoms with Crippen LogP contribution in [0.5, 0.6) is 0 Å². The number of hydrogen-bond acceptors (Lipinski definition) is 3. The maximum atomic E-state index is 5.31. The first kappa shape index (κ1) is 33.7. The normalized spacial score (nSPS) is 14.8. The molecule has 0 spiro atoms. The molecule has 0 radical (unpaired) electrons. The summed E-state index contributed by atoms with van der Waals surface area (Å²) in [7, 11) is 0. The van der Waals surface area contributed by atoms with Crippen molar-refractivity contribution in [3.05, 3.63) is 169 Å². The minimum atomic E-state index is 0.0783. The van der Waals surface area contributed by atoms with Crippen molar-refractivity contribution in [2.45, 2.75) is 51.4 Å². The molecule has 1 aliphatic rings. The molecule has 2 heterocycles. The number of fused-ring (bicyclic) bond motifs is 8. The lowest BCUT2D eigenvalue weighted by Gasteiger charge is -2.42. The van der Waals surface area contributed by atoms with Gasteiger partial charge in [-0.05, 0) is 110 Å². The summed E-state index contributed by atoms with van der Waals surface area (Å²) in [5, 5.41) is 9.72. The van der Waals surface area contributed by atoms with Crippen LogP contribution in [0.25, 0.3) is 94.0 Å². The summed E-state index contributed by atoms with van der Waals surface area (Å²) in [4.78, 5) is 15.7. The number of benzene rings is 8. The van der Waals surface area contributed by atoms with Crippen LogP contribution in [0.2, 0.25) is 0 Å². The molecule has 0 saturated carbocycles. The first-order valence-corrected chi connectivity index (χ1v) is 20.1. The third kappa shape index (κ3) is 5.38. The second kappa shape index (κ2) is 12.4. The number of hydrogen-bond donors (Lipinski definition) is 0. The SMILES string of the molecule is CC1(C)CCC(C)(C)c2cc3c(cc21)c1cc2ccccc2cc1n3-c1cccc(-c2nc(-c3ccccc3)nc(-c3cc4ccccc4c4ccccc34)n2)c1. The molecule has 4 heteroatoms. The molecule has 0 bridgehead atoms. The summed E-state index contributed by atoms with van der Waals surface area (Å²) in [5.74, 6) is 1.95. The predicted molar refractivity (Wildman–Crippen MR) is 238 cm³/mol. The number of rotatable bonds is 4. The molecule has 11 rings (SSSR count). The molecular weight excluding hydrogens is 693 g/mol. The molecule has 0 amide bonds. The molecule has 2 aromatic heterocycles. The third-order valence-corrected chi connectivity index (χ3v) is 12.6. The van der Waals surface area contributed by atoms with Gasteiger partial charge in [0.15, 0.2) is 17.5 Å². The molecule has 274 valence electrons. The molecule has 0 fully saturated rings. The van der Waals surface area contributed by atoms with Crippen LogP contribution in [0.3, 0.4) is 0 Å². The van der Waals surface area contributed by atoms with Crippen molar-refractivity contribution in [2.24, 2.45) is 0 Å². The van der Waals surface area contributed by atoms with E-state index in [2.05, 4.69) is 172 Å². The Hall–Kier alpha value is -6.65. The van der Waals surface area contributed by atoms with Gasteiger partial charge in [-0.15, -0.1) is 0 Å². The molecular formula is C53H42N4. The van der Waals surface area contributed by atoms with E-state index >= 15 is 0 Å². The molecule has 4 nitrogen and oxygen atoms in total. The Labute approximate surface area is 332 Å². The highest BCUT2D eigenvalue weighted by atomic mass is 15.0. The smallest absolute Gasteiger partial charge is 0.164 e. The highest BCUT2D eigenvalue weighted by Crippen LogP contribution is 2.49. The van der Waals surface area contributed by atoms with E-state index in [0.717, 1.165) is 39.6 Å². The van der Waals surface area contributed by atoms with E-state index in [0.29, 0.717) is 17.5 Å². The van der Waals surface area contributed by atoms with Crippen molar-refractivity contribution in [3.63, 3.8) is 0 Å². The van der Waals surface area contributed by atoms with Crippen molar-refractivity contribution in [2.75, 3.05) is 0 Å². The summed E-state index contributed by atoms with van der Waals surface area (Å²) in [6.45, 7) is 9.66. The molecule has 57 heavy (non-hydrogen) atoms. The highest BCUT2D eigenvalue weighted by Gasteiger charge is 2.38. The summed E-state index contributed by atoms with van der Waals surface area (Å²) in [6, 6.07) is 56.9. The van der Waals surface area contributed by atoms with E-state index in [4.69, 9.17) is 15.0 Å². The largest absolute Gasteiger partial charge is 0.309 e. The van der Waals surface area contributed by atoms with Gasteiger partial charge >= 0.3 is 0 Å². The molecule has 0 saturated heterocycles. The van der Waals surface area contributed by atoms with Gasteiger partial charge in [-0.2, -0.15) is 0 Å². The van der Waals surface area contributed by atoms with Gasteiger partial charge in [-0.3, -0.25) is 0 Å². The van der Waals surface area contributed by atoms with Gasteiger partial charge in [0.1, 0.15) is 0 Å². The molecule has 0 atom stereocenters. The van der Waals surface area contributed by atoms with Crippen LogP contribution in [-0.2, 0) is 10.8 Å². The molecule has 0 aliphatic heterocycles. The van der Waals surface area contributed by atoms with Crippen molar-refractivity contribution in [3.8, 4) is 39.9 Å². The summed E-state index contributed by atoms with van der Waals surface area (Å²) < 4.78 is 2.47. The van der Waals surface area contributed by atoms with Crippen molar-refractivity contribution >= 4 is 54.1 Å². The summed E-state index contributed by atoms with van der Waals surface area (Å²) >= 11 is 0. The number of nitrogens with zero attached hydrogens (tertiary/aromatic N) is 4. The predicted octanol–water partition coefficient (Wildman–Crippen LogP) is 13.8. The minimum Gasteiger partial charge on any atom is -0.309 e. The first-order valence-electron chi connectivity index (χ1n) is 20.1. The van der Waals surface area contributed by atoms with Crippen LogP contribution in [0.15, 0.2) is 158 Å². The quantitative estimate of drug-likeness (QED) is 0.169. The van der Waals surface area contributed by atoms with Gasteiger partial charge in [-0.1, -0.05) is 143 Å². The Balaban J connectivity index is 1.17. The summed E-state index contributed by atoms with van der Waals surface area (Å²) in [6.07, 6.45) is 2.34. The zero-order chi connectivity index (χ0) is 38.5. The van der Waals surface area contributed by atoms with Gasteiger partial charge in [-0.25, -0.2) is 15.0 Å². The number of aromatic nitrogens is 4. The zero-order valence-corrected chi connectivity index (χ0v) is 32.7. The van der Waals surface area contributed by atoms with Gasteiger partial charge in [0.2, 0.25) is 0 Å². The standard InChI is InChI=1S/C53H42N4/c1-52(2)25-26-53(3,4)46-32-48-43(31-45(46)52)42-28-34-17-8-9-18-35(34)30-47(42)57(48)38-21-14-20-37(27-38)50-54-49(33-15-6-5-7-16-33)55-51(56-50)44-29-36-19-10-11-22-39(36)40-23-12-13-24-41(40)44/h5-24,27-32H,25-26H2,1-4H3. The Bertz CT molecular complexity index is 3240. The average molecular weight is 735 g/mol. The lowest BCUT2D eigenvalue weighted by Crippen LogP contribution is -2.33. The topological polar surface area (TPSA) is 43.6 Å². The van der Waals surface area contributed by atoms with Crippen molar-refractivity contribution < 1.29 is 0 Å². The lowest BCUT2D eigenvalue weighted by atomic mass is 9.63. The second-order valence-corrected chi connectivity index (χ2v) is 17.1. The van der Waals surface area contributed by atoms with Crippen molar-refractivity contribution in [1.29, 1.82) is 0 Å². The second-order valence-electron chi connectivity index (χ2n) is 17.1. The fourth-order valence-electron chi connectivity index (χ4n) is 9.41. The molecule has 8 aromatic carbocycles. The Morgan fingerprint density at radius 3 is 1.70 bits per heavy atom. The van der Waals surface area contributed by atoms with Crippen LogP contribution in [-0.4, -0.2) is 19.5 Å². The highest BCUT2D eigenvalue weighted by molar-refractivity contribution is 6.15.